The number of rotatable bonds is 7. The average Bonchev–Trinajstić information content (AvgIpc) is 3.31. The number of halogens is 10. The SMILES string of the molecule is CC1=CC=CC(C)(N2C=NC(CC(C)c3c(F)c(F)c(F)c(F)c3F)C2CC(C)c2c(F)c(F)c(F)c(F)c2F)C1. The molecule has 0 aromatic heterocycles. The van der Waals surface area contributed by atoms with Gasteiger partial charge in [-0.25, -0.2) is 43.9 Å². The van der Waals surface area contributed by atoms with Gasteiger partial charge >= 0.3 is 0 Å². The maximum atomic E-state index is 14.7. The van der Waals surface area contributed by atoms with E-state index in [2.05, 4.69) is 4.99 Å². The molecule has 12 heteroatoms. The normalized spacial score (nSPS) is 23.8. The third-order valence-electron chi connectivity index (χ3n) is 7.91. The van der Waals surface area contributed by atoms with Gasteiger partial charge in [-0.15, -0.1) is 0 Å². The largest absolute Gasteiger partial charge is 0.349 e. The molecule has 2 aromatic rings. The molecular formula is C29H26F10N2. The van der Waals surface area contributed by atoms with Gasteiger partial charge in [-0.2, -0.15) is 0 Å². The van der Waals surface area contributed by atoms with Crippen molar-refractivity contribution < 1.29 is 43.9 Å². The highest BCUT2D eigenvalue weighted by atomic mass is 19.2. The van der Waals surface area contributed by atoms with Crippen molar-refractivity contribution in [3.63, 3.8) is 0 Å². The predicted octanol–water partition coefficient (Wildman–Crippen LogP) is 8.51. The van der Waals surface area contributed by atoms with Crippen LogP contribution in [-0.2, 0) is 0 Å². The van der Waals surface area contributed by atoms with E-state index >= 15 is 0 Å². The fourth-order valence-electron chi connectivity index (χ4n) is 5.88. The Labute approximate surface area is 230 Å². The van der Waals surface area contributed by atoms with E-state index in [0.717, 1.165) is 5.57 Å². The quantitative estimate of drug-likeness (QED) is 0.179. The summed E-state index contributed by atoms with van der Waals surface area (Å²) in [5, 5.41) is 0. The van der Waals surface area contributed by atoms with Crippen molar-refractivity contribution in [3.8, 4) is 0 Å². The lowest BCUT2D eigenvalue weighted by Crippen LogP contribution is -2.51. The van der Waals surface area contributed by atoms with Gasteiger partial charge in [0.25, 0.3) is 0 Å². The van der Waals surface area contributed by atoms with Crippen LogP contribution in [-0.4, -0.2) is 28.9 Å². The molecule has 0 saturated carbocycles. The highest BCUT2D eigenvalue weighted by Crippen LogP contribution is 2.41. The van der Waals surface area contributed by atoms with E-state index < -0.39 is 98.8 Å². The van der Waals surface area contributed by atoms with Crippen LogP contribution in [0.2, 0.25) is 0 Å². The number of hydrogen-bond donors (Lipinski definition) is 0. The first-order valence-electron chi connectivity index (χ1n) is 12.8. The monoisotopic (exact) mass is 592 g/mol. The minimum absolute atomic E-state index is 0.223. The molecule has 0 spiro atoms. The lowest BCUT2D eigenvalue weighted by atomic mass is 9.81. The molecule has 1 heterocycles. The van der Waals surface area contributed by atoms with Crippen LogP contribution in [0, 0.1) is 58.2 Å². The van der Waals surface area contributed by atoms with Gasteiger partial charge in [0.1, 0.15) is 0 Å². The van der Waals surface area contributed by atoms with Crippen molar-refractivity contribution in [2.24, 2.45) is 4.99 Å². The van der Waals surface area contributed by atoms with Crippen LogP contribution in [0.3, 0.4) is 0 Å². The summed E-state index contributed by atoms with van der Waals surface area (Å²) in [6.07, 6.45) is 6.90. The Morgan fingerprint density at radius 1 is 0.732 bits per heavy atom. The zero-order valence-electron chi connectivity index (χ0n) is 22.4. The smallest absolute Gasteiger partial charge is 0.200 e. The Morgan fingerprint density at radius 2 is 1.15 bits per heavy atom. The maximum absolute atomic E-state index is 14.7. The molecule has 2 nitrogen and oxygen atoms in total. The molecule has 2 aliphatic rings. The average molecular weight is 593 g/mol. The van der Waals surface area contributed by atoms with Gasteiger partial charge in [-0.3, -0.25) is 4.99 Å². The molecule has 4 rings (SSSR count). The topological polar surface area (TPSA) is 15.6 Å². The summed E-state index contributed by atoms with van der Waals surface area (Å²) in [4.78, 5) is 6.15. The van der Waals surface area contributed by atoms with Crippen LogP contribution < -0.4 is 0 Å². The second kappa shape index (κ2) is 11.2. The fourth-order valence-corrected chi connectivity index (χ4v) is 5.88. The molecule has 222 valence electrons. The van der Waals surface area contributed by atoms with Crippen LogP contribution in [0.25, 0.3) is 0 Å². The number of aliphatic imine (C=N–C) groups is 1. The van der Waals surface area contributed by atoms with Crippen molar-refractivity contribution in [3.05, 3.63) is 93.1 Å². The molecule has 1 aliphatic heterocycles. The zero-order valence-corrected chi connectivity index (χ0v) is 22.4. The number of allylic oxidation sites excluding steroid dienone is 2. The number of hydrogen-bond acceptors (Lipinski definition) is 2. The lowest BCUT2D eigenvalue weighted by Gasteiger charge is -2.44. The highest BCUT2D eigenvalue weighted by molar-refractivity contribution is 5.62. The highest BCUT2D eigenvalue weighted by Gasteiger charge is 2.43. The summed E-state index contributed by atoms with van der Waals surface area (Å²) in [6.45, 7) is 6.21. The van der Waals surface area contributed by atoms with Gasteiger partial charge < -0.3 is 4.90 Å². The molecule has 0 bridgehead atoms. The standard InChI is InChI=1S/C29H26F10N2/c1-12-6-5-7-29(4,10-12)41-11-40-15(8-13(2)17-19(30)23(34)27(38)24(35)20(17)31)16(41)9-14(3)18-21(32)25(36)28(39)26(37)22(18)33/h5-7,11,13-16H,8-10H2,1-4H3. The predicted molar refractivity (Wildman–Crippen MR) is 132 cm³/mol. The molecule has 0 N–H and O–H groups in total. The zero-order chi connectivity index (χ0) is 30.5. The Kier molecular flexibility index (Phi) is 8.35. The van der Waals surface area contributed by atoms with E-state index in [9.17, 15) is 43.9 Å². The molecular weight excluding hydrogens is 566 g/mol. The second-order valence-electron chi connectivity index (χ2n) is 11.0. The fraction of sp³-hybridized carbons (Fsp3) is 0.414. The first-order valence-corrected chi connectivity index (χ1v) is 12.8. The second-order valence-corrected chi connectivity index (χ2v) is 11.0. The van der Waals surface area contributed by atoms with Crippen LogP contribution in [0.15, 0.2) is 28.8 Å². The third-order valence-corrected chi connectivity index (χ3v) is 7.91. The van der Waals surface area contributed by atoms with E-state index in [0.29, 0.717) is 6.42 Å². The molecule has 1 aliphatic carbocycles. The van der Waals surface area contributed by atoms with Crippen molar-refractivity contribution in [2.75, 3.05) is 0 Å². The molecule has 0 fully saturated rings. The van der Waals surface area contributed by atoms with Crippen molar-refractivity contribution in [1.29, 1.82) is 0 Å². The number of benzene rings is 2. The first kappa shape index (κ1) is 30.6. The molecule has 0 radical (unpaired) electrons. The number of nitrogens with zero attached hydrogens (tertiary/aromatic N) is 2. The van der Waals surface area contributed by atoms with Crippen LogP contribution >= 0.6 is 0 Å². The van der Waals surface area contributed by atoms with Crippen LogP contribution in [0.5, 0.6) is 0 Å². The molecule has 5 atom stereocenters. The van der Waals surface area contributed by atoms with Crippen molar-refractivity contribution >= 4 is 6.34 Å². The van der Waals surface area contributed by atoms with Gasteiger partial charge in [0, 0.05) is 11.1 Å². The Hall–Kier alpha value is -3.31. The van der Waals surface area contributed by atoms with Gasteiger partial charge in [0.2, 0.25) is 11.6 Å². The summed E-state index contributed by atoms with van der Waals surface area (Å²) in [5.74, 6) is -23.4. The van der Waals surface area contributed by atoms with E-state index in [4.69, 9.17) is 0 Å². The van der Waals surface area contributed by atoms with E-state index in [1.165, 1.54) is 20.2 Å². The first-order chi connectivity index (χ1) is 19.1. The summed E-state index contributed by atoms with van der Waals surface area (Å²) in [6, 6.07) is -1.72. The Morgan fingerprint density at radius 3 is 1.59 bits per heavy atom. The summed E-state index contributed by atoms with van der Waals surface area (Å²) in [5.41, 5.74) is -1.86. The van der Waals surface area contributed by atoms with Gasteiger partial charge in [-0.05, 0) is 44.9 Å². The molecule has 2 aromatic carbocycles. The van der Waals surface area contributed by atoms with Gasteiger partial charge in [0.15, 0.2) is 46.5 Å². The lowest BCUT2D eigenvalue weighted by molar-refractivity contribution is 0.167. The molecule has 0 saturated heterocycles. The molecule has 5 unspecified atom stereocenters. The van der Waals surface area contributed by atoms with Gasteiger partial charge in [0.05, 0.1) is 24.0 Å². The maximum Gasteiger partial charge on any atom is 0.200 e. The Balaban J connectivity index is 1.73. The minimum atomic E-state index is -2.30. The van der Waals surface area contributed by atoms with E-state index in [1.54, 1.807) is 11.0 Å². The van der Waals surface area contributed by atoms with E-state index in [1.807, 2.05) is 26.0 Å². The van der Waals surface area contributed by atoms with Crippen LogP contribution in [0.4, 0.5) is 43.9 Å². The Bertz CT molecular complexity index is 1410. The molecule has 41 heavy (non-hydrogen) atoms. The summed E-state index contributed by atoms with van der Waals surface area (Å²) < 4.78 is 141. The minimum Gasteiger partial charge on any atom is -0.349 e. The molecule has 0 amide bonds. The van der Waals surface area contributed by atoms with Crippen LogP contribution in [0.1, 0.15) is 69.9 Å². The van der Waals surface area contributed by atoms with E-state index in [-0.39, 0.29) is 12.8 Å². The summed E-state index contributed by atoms with van der Waals surface area (Å²) in [7, 11) is 0. The third kappa shape index (κ3) is 5.25. The summed E-state index contributed by atoms with van der Waals surface area (Å²) >= 11 is 0. The van der Waals surface area contributed by atoms with Crippen molar-refractivity contribution in [1.82, 2.24) is 4.90 Å². The van der Waals surface area contributed by atoms with Gasteiger partial charge in [-0.1, -0.05) is 37.6 Å². The van der Waals surface area contributed by atoms with Crippen molar-refractivity contribution in [2.45, 2.75) is 76.4 Å².